The van der Waals surface area contributed by atoms with Crippen LogP contribution in [-0.4, -0.2) is 41.3 Å². The zero-order chi connectivity index (χ0) is 24.8. The molecule has 1 aliphatic heterocycles. The van der Waals surface area contributed by atoms with Gasteiger partial charge in [0.2, 0.25) is 0 Å². The summed E-state index contributed by atoms with van der Waals surface area (Å²) in [7, 11) is 0. The van der Waals surface area contributed by atoms with E-state index < -0.39 is 23.7 Å². The quantitative estimate of drug-likeness (QED) is 0.298. The summed E-state index contributed by atoms with van der Waals surface area (Å²) >= 11 is 4.22. The Hall–Kier alpha value is -2.85. The molecule has 1 aliphatic rings. The highest BCUT2D eigenvalue weighted by Gasteiger charge is 2.36. The molecule has 0 aliphatic carbocycles. The molecule has 2 amide bonds. The molecule has 3 rings (SSSR count). The van der Waals surface area contributed by atoms with E-state index in [0.29, 0.717) is 28.1 Å². The number of ether oxygens (including phenoxy) is 3. The second-order valence-corrected chi connectivity index (χ2v) is 9.33. The minimum absolute atomic E-state index is 0.177. The van der Waals surface area contributed by atoms with Crippen molar-refractivity contribution in [3.63, 3.8) is 0 Å². The van der Waals surface area contributed by atoms with Crippen molar-refractivity contribution in [3.05, 3.63) is 62.7 Å². The summed E-state index contributed by atoms with van der Waals surface area (Å²) in [5.74, 6) is -0.660. The summed E-state index contributed by atoms with van der Waals surface area (Å²) in [4.78, 5) is 37.9. The topological polar surface area (TPSA) is 82.1 Å². The lowest BCUT2D eigenvalue weighted by Crippen LogP contribution is -2.35. The number of amides is 2. The Balaban J connectivity index is 1.80. The molecule has 0 unspecified atom stereocenters. The summed E-state index contributed by atoms with van der Waals surface area (Å²) in [5, 5.41) is -0.541. The molecule has 34 heavy (non-hydrogen) atoms. The standard InChI is InChI=1S/C24H23BrFNO6S/c1-4-31-19-10-16(9-18(25)22(19)32-13-15-5-7-17(26)8-6-15)11-20-23(29)27(24(30)34-20)12-21(28)33-14(2)3/h5-11,14H,4,12-13H2,1-3H3/b20-11-. The molecular weight excluding hydrogens is 529 g/mol. The molecule has 0 bridgehead atoms. The first kappa shape index (κ1) is 25.8. The summed E-state index contributed by atoms with van der Waals surface area (Å²) in [6, 6.07) is 9.39. The van der Waals surface area contributed by atoms with E-state index in [4.69, 9.17) is 14.2 Å². The largest absolute Gasteiger partial charge is 0.490 e. The molecule has 180 valence electrons. The number of nitrogens with zero attached hydrogens (tertiary/aromatic N) is 1. The summed E-state index contributed by atoms with van der Waals surface area (Å²) in [5.41, 5.74) is 1.38. The fraction of sp³-hybridized carbons (Fsp3) is 0.292. The van der Waals surface area contributed by atoms with Gasteiger partial charge in [0, 0.05) is 0 Å². The van der Waals surface area contributed by atoms with Gasteiger partial charge in [-0.1, -0.05) is 12.1 Å². The van der Waals surface area contributed by atoms with Crippen LogP contribution in [0.2, 0.25) is 0 Å². The number of carbonyl (C=O) groups excluding carboxylic acids is 3. The van der Waals surface area contributed by atoms with E-state index in [0.717, 1.165) is 22.2 Å². The van der Waals surface area contributed by atoms with E-state index in [2.05, 4.69) is 15.9 Å². The monoisotopic (exact) mass is 551 g/mol. The minimum atomic E-state index is -0.650. The molecular formula is C24H23BrFNO6S. The average molecular weight is 552 g/mol. The number of halogens is 2. The zero-order valence-electron chi connectivity index (χ0n) is 18.8. The number of rotatable bonds is 9. The van der Waals surface area contributed by atoms with Gasteiger partial charge < -0.3 is 14.2 Å². The lowest BCUT2D eigenvalue weighted by atomic mass is 10.1. The highest BCUT2D eigenvalue weighted by atomic mass is 79.9. The maximum atomic E-state index is 13.1. The Morgan fingerprint density at radius 1 is 1.18 bits per heavy atom. The van der Waals surface area contributed by atoms with Gasteiger partial charge >= 0.3 is 5.97 Å². The summed E-state index contributed by atoms with van der Waals surface area (Å²) < 4.78 is 30.3. The normalized spacial score (nSPS) is 14.8. The molecule has 1 saturated heterocycles. The first-order chi connectivity index (χ1) is 16.2. The number of hydrogen-bond donors (Lipinski definition) is 0. The van der Waals surface area contributed by atoms with Crippen LogP contribution in [0.5, 0.6) is 11.5 Å². The number of esters is 1. The van der Waals surface area contributed by atoms with Gasteiger partial charge in [-0.2, -0.15) is 0 Å². The molecule has 0 aromatic heterocycles. The van der Waals surface area contributed by atoms with Gasteiger partial charge in [0.05, 0.1) is 22.1 Å². The van der Waals surface area contributed by atoms with Crippen molar-refractivity contribution in [2.75, 3.05) is 13.2 Å². The molecule has 2 aromatic rings. The molecule has 0 saturated carbocycles. The van der Waals surface area contributed by atoms with Gasteiger partial charge in [0.25, 0.3) is 11.1 Å². The third-order valence-electron chi connectivity index (χ3n) is 4.45. The maximum Gasteiger partial charge on any atom is 0.326 e. The molecule has 10 heteroatoms. The third kappa shape index (κ3) is 6.60. The highest BCUT2D eigenvalue weighted by molar-refractivity contribution is 9.10. The van der Waals surface area contributed by atoms with E-state index in [1.165, 1.54) is 12.1 Å². The van der Waals surface area contributed by atoms with Crippen LogP contribution in [0.1, 0.15) is 31.9 Å². The van der Waals surface area contributed by atoms with E-state index in [-0.39, 0.29) is 23.4 Å². The van der Waals surface area contributed by atoms with Gasteiger partial charge in [0.1, 0.15) is 19.0 Å². The van der Waals surface area contributed by atoms with Crippen LogP contribution < -0.4 is 9.47 Å². The van der Waals surface area contributed by atoms with Crippen molar-refractivity contribution in [2.24, 2.45) is 0 Å². The van der Waals surface area contributed by atoms with Gasteiger partial charge in [0.15, 0.2) is 11.5 Å². The molecule has 0 N–H and O–H groups in total. The van der Waals surface area contributed by atoms with E-state index in [1.54, 1.807) is 44.2 Å². The minimum Gasteiger partial charge on any atom is -0.490 e. The first-order valence-corrected chi connectivity index (χ1v) is 12.1. The Labute approximate surface area is 209 Å². The van der Waals surface area contributed by atoms with Gasteiger partial charge in [-0.15, -0.1) is 0 Å². The second-order valence-electron chi connectivity index (χ2n) is 7.48. The van der Waals surface area contributed by atoms with Crippen molar-refractivity contribution in [1.29, 1.82) is 0 Å². The SMILES string of the molecule is CCOc1cc(/C=C2\SC(=O)N(CC(=O)OC(C)C)C2=O)cc(Br)c1OCc1ccc(F)cc1. The second kappa shape index (κ2) is 11.5. The number of benzene rings is 2. The van der Waals surface area contributed by atoms with Gasteiger partial charge in [-0.3, -0.25) is 19.3 Å². The molecule has 1 heterocycles. The Morgan fingerprint density at radius 3 is 2.53 bits per heavy atom. The fourth-order valence-corrected chi connectivity index (χ4v) is 4.44. The molecule has 0 spiro atoms. The molecule has 7 nitrogen and oxygen atoms in total. The molecule has 0 radical (unpaired) electrons. The van der Waals surface area contributed by atoms with Crippen LogP contribution in [0.25, 0.3) is 6.08 Å². The number of hydrogen-bond acceptors (Lipinski definition) is 7. The van der Waals surface area contributed by atoms with E-state index >= 15 is 0 Å². The molecule has 2 aromatic carbocycles. The van der Waals surface area contributed by atoms with Crippen LogP contribution in [0.3, 0.4) is 0 Å². The first-order valence-electron chi connectivity index (χ1n) is 10.5. The summed E-state index contributed by atoms with van der Waals surface area (Å²) in [6.07, 6.45) is 1.21. The number of thioether (sulfide) groups is 1. The lowest BCUT2D eigenvalue weighted by Gasteiger charge is -2.15. The highest BCUT2D eigenvalue weighted by Crippen LogP contribution is 2.39. The Kier molecular flexibility index (Phi) is 8.73. The molecule has 1 fully saturated rings. The van der Waals surface area contributed by atoms with Crippen molar-refractivity contribution in [2.45, 2.75) is 33.5 Å². The number of carbonyl (C=O) groups is 3. The van der Waals surface area contributed by atoms with Gasteiger partial charge in [-0.05, 0) is 89.9 Å². The average Bonchev–Trinajstić information content (AvgIpc) is 3.01. The van der Waals surface area contributed by atoms with Gasteiger partial charge in [-0.25, -0.2) is 4.39 Å². The maximum absolute atomic E-state index is 13.1. The van der Waals surface area contributed by atoms with Crippen LogP contribution >= 0.6 is 27.7 Å². The molecule has 0 atom stereocenters. The van der Waals surface area contributed by atoms with Crippen molar-refractivity contribution in [3.8, 4) is 11.5 Å². The predicted molar refractivity (Wildman–Crippen MR) is 130 cm³/mol. The van der Waals surface area contributed by atoms with Crippen LogP contribution in [0.15, 0.2) is 45.8 Å². The van der Waals surface area contributed by atoms with Crippen LogP contribution in [0, 0.1) is 5.82 Å². The number of imide groups is 1. The van der Waals surface area contributed by atoms with Crippen LogP contribution in [0.4, 0.5) is 9.18 Å². The predicted octanol–water partition coefficient (Wildman–Crippen LogP) is 5.55. The van der Waals surface area contributed by atoms with Crippen molar-refractivity contribution < 1.29 is 33.0 Å². The zero-order valence-corrected chi connectivity index (χ0v) is 21.2. The fourth-order valence-electron chi connectivity index (χ4n) is 3.03. The third-order valence-corrected chi connectivity index (χ3v) is 5.95. The Bertz CT molecular complexity index is 1120. The summed E-state index contributed by atoms with van der Waals surface area (Å²) in [6.45, 7) is 5.33. The lowest BCUT2D eigenvalue weighted by molar-refractivity contribution is -0.149. The van der Waals surface area contributed by atoms with Crippen molar-refractivity contribution in [1.82, 2.24) is 4.90 Å². The van der Waals surface area contributed by atoms with Crippen molar-refractivity contribution >= 4 is 50.9 Å². The smallest absolute Gasteiger partial charge is 0.326 e. The van der Waals surface area contributed by atoms with E-state index in [9.17, 15) is 18.8 Å². The Morgan fingerprint density at radius 2 is 1.88 bits per heavy atom. The van der Waals surface area contributed by atoms with E-state index in [1.807, 2.05) is 6.92 Å². The van der Waals surface area contributed by atoms with Crippen LogP contribution in [-0.2, 0) is 20.9 Å².